The molecule has 0 radical (unpaired) electrons. The lowest BCUT2D eigenvalue weighted by Gasteiger charge is -2.26. The number of hydrogen-bond acceptors (Lipinski definition) is 6. The molecule has 0 N–H and O–H groups in total. The average molecular weight is 513 g/mol. The van der Waals surface area contributed by atoms with E-state index in [1.165, 1.54) is 0 Å². The molecule has 6 heteroatoms. The Morgan fingerprint density at radius 2 is 1.22 bits per heavy atom. The van der Waals surface area contributed by atoms with Gasteiger partial charge in [0.2, 0.25) is 0 Å². The first-order valence-electron chi connectivity index (χ1n) is 13.2. The van der Waals surface area contributed by atoms with Gasteiger partial charge in [0.1, 0.15) is 11.5 Å². The van der Waals surface area contributed by atoms with Gasteiger partial charge in [0.25, 0.3) is 0 Å². The van der Waals surface area contributed by atoms with Crippen LogP contribution in [0.2, 0.25) is 0 Å². The number of benzene rings is 2. The van der Waals surface area contributed by atoms with Crippen molar-refractivity contribution in [3.8, 4) is 11.5 Å². The standard InChI is InChI=1S/C31H44O6/c1-22(18-34-20-25-10-14-27(32-6)15-11-25)8-9-23(2)29-30(37-31(4,5)36-29)24(3)19-35-21-26-12-16-28(33-7)17-13-26/h8-17,22-24,29-30H,18-21H2,1-7H3/b9-8-/t22-,23+,24+,29+,30+/m1/s1. The molecule has 0 spiro atoms. The van der Waals surface area contributed by atoms with Crippen LogP contribution < -0.4 is 9.47 Å². The van der Waals surface area contributed by atoms with Gasteiger partial charge in [0.05, 0.1) is 52.9 Å². The summed E-state index contributed by atoms with van der Waals surface area (Å²) in [6, 6.07) is 15.9. The van der Waals surface area contributed by atoms with Crippen LogP contribution in [0.3, 0.4) is 0 Å². The first kappa shape index (κ1) is 29.2. The van der Waals surface area contributed by atoms with Gasteiger partial charge in [-0.25, -0.2) is 0 Å². The van der Waals surface area contributed by atoms with E-state index in [0.29, 0.717) is 32.3 Å². The molecule has 2 aromatic rings. The SMILES string of the molecule is COc1ccc(COC[C@H](C)/C=C\[C@H](C)[C@@H]2OC(C)(C)O[C@H]2[C@@H](C)COCc2ccc(OC)cc2)cc1. The molecule has 0 aliphatic carbocycles. The third kappa shape index (κ3) is 9.15. The molecule has 0 unspecified atom stereocenters. The molecule has 5 atom stereocenters. The Morgan fingerprint density at radius 1 is 0.730 bits per heavy atom. The van der Waals surface area contributed by atoms with Gasteiger partial charge in [0.15, 0.2) is 5.79 Å². The average Bonchev–Trinajstić information content (AvgIpc) is 3.23. The molecule has 2 aromatic carbocycles. The highest BCUT2D eigenvalue weighted by atomic mass is 16.8. The second-order valence-electron chi connectivity index (χ2n) is 10.5. The van der Waals surface area contributed by atoms with Gasteiger partial charge in [-0.1, -0.05) is 57.2 Å². The molecule has 1 fully saturated rings. The van der Waals surface area contributed by atoms with E-state index in [-0.39, 0.29) is 24.0 Å². The first-order chi connectivity index (χ1) is 17.7. The van der Waals surface area contributed by atoms with Gasteiger partial charge in [-0.15, -0.1) is 0 Å². The smallest absolute Gasteiger partial charge is 0.163 e. The van der Waals surface area contributed by atoms with Crippen molar-refractivity contribution < 1.29 is 28.4 Å². The molecule has 0 bridgehead atoms. The van der Waals surface area contributed by atoms with Gasteiger partial charge >= 0.3 is 0 Å². The summed E-state index contributed by atoms with van der Waals surface area (Å²) in [5.74, 6) is 1.76. The topological polar surface area (TPSA) is 55.4 Å². The van der Waals surface area contributed by atoms with Crippen molar-refractivity contribution in [3.05, 3.63) is 71.8 Å². The highest BCUT2D eigenvalue weighted by Gasteiger charge is 2.45. The van der Waals surface area contributed by atoms with E-state index in [9.17, 15) is 0 Å². The Labute approximate surface area is 222 Å². The fourth-order valence-corrected chi connectivity index (χ4v) is 4.46. The zero-order valence-electron chi connectivity index (χ0n) is 23.4. The van der Waals surface area contributed by atoms with E-state index < -0.39 is 5.79 Å². The molecule has 37 heavy (non-hydrogen) atoms. The molecule has 1 aliphatic heterocycles. The Bertz CT molecular complexity index is 953. The number of methoxy groups -OCH3 is 2. The maximum Gasteiger partial charge on any atom is 0.163 e. The van der Waals surface area contributed by atoms with Crippen LogP contribution >= 0.6 is 0 Å². The molecule has 0 saturated carbocycles. The fraction of sp³-hybridized carbons (Fsp3) is 0.548. The van der Waals surface area contributed by atoms with Gasteiger partial charge in [-0.05, 0) is 55.2 Å². The maximum absolute atomic E-state index is 6.34. The van der Waals surface area contributed by atoms with E-state index in [2.05, 4.69) is 32.9 Å². The van der Waals surface area contributed by atoms with Crippen LogP contribution in [-0.4, -0.2) is 45.4 Å². The van der Waals surface area contributed by atoms with Crippen LogP contribution in [0.25, 0.3) is 0 Å². The number of rotatable bonds is 14. The molecule has 1 aliphatic rings. The zero-order chi connectivity index (χ0) is 26.8. The minimum atomic E-state index is -0.616. The Balaban J connectivity index is 1.46. The molecule has 0 amide bonds. The summed E-state index contributed by atoms with van der Waals surface area (Å²) in [6.45, 7) is 12.9. The molecule has 1 saturated heterocycles. The van der Waals surface area contributed by atoms with Crippen molar-refractivity contribution in [1.29, 1.82) is 0 Å². The predicted molar refractivity (Wildman–Crippen MR) is 146 cm³/mol. The summed E-state index contributed by atoms with van der Waals surface area (Å²) < 4.78 is 35.1. The summed E-state index contributed by atoms with van der Waals surface area (Å²) in [5.41, 5.74) is 2.25. The van der Waals surface area contributed by atoms with Crippen LogP contribution in [0.1, 0.15) is 45.7 Å². The van der Waals surface area contributed by atoms with Crippen molar-refractivity contribution in [2.24, 2.45) is 17.8 Å². The van der Waals surface area contributed by atoms with E-state index in [0.717, 1.165) is 22.6 Å². The molecule has 6 nitrogen and oxygen atoms in total. The third-order valence-electron chi connectivity index (χ3n) is 6.60. The molecular formula is C31H44O6. The van der Waals surface area contributed by atoms with Crippen LogP contribution in [0.4, 0.5) is 0 Å². The predicted octanol–water partition coefficient (Wildman–Crippen LogP) is 6.42. The lowest BCUT2D eigenvalue weighted by atomic mass is 9.91. The molecule has 0 aromatic heterocycles. The summed E-state index contributed by atoms with van der Waals surface area (Å²) in [6.07, 6.45) is 4.36. The van der Waals surface area contributed by atoms with E-state index in [1.54, 1.807) is 14.2 Å². The van der Waals surface area contributed by atoms with Crippen molar-refractivity contribution in [2.75, 3.05) is 27.4 Å². The normalized spacial score (nSPS) is 21.6. The summed E-state index contributed by atoms with van der Waals surface area (Å²) in [5, 5.41) is 0. The van der Waals surface area contributed by atoms with Crippen LogP contribution in [0.15, 0.2) is 60.7 Å². The Kier molecular flexibility index (Phi) is 11.0. The van der Waals surface area contributed by atoms with Crippen LogP contribution in [-0.2, 0) is 32.2 Å². The maximum atomic E-state index is 6.34. The third-order valence-corrected chi connectivity index (χ3v) is 6.60. The largest absolute Gasteiger partial charge is 0.497 e. The van der Waals surface area contributed by atoms with Gasteiger partial charge in [-0.2, -0.15) is 0 Å². The van der Waals surface area contributed by atoms with E-state index in [1.807, 2.05) is 62.4 Å². The second kappa shape index (κ2) is 14.0. The van der Waals surface area contributed by atoms with Crippen molar-refractivity contribution >= 4 is 0 Å². The van der Waals surface area contributed by atoms with E-state index >= 15 is 0 Å². The van der Waals surface area contributed by atoms with Crippen LogP contribution in [0, 0.1) is 17.8 Å². The first-order valence-corrected chi connectivity index (χ1v) is 13.2. The van der Waals surface area contributed by atoms with Gasteiger partial charge < -0.3 is 28.4 Å². The number of hydrogen-bond donors (Lipinski definition) is 0. The summed E-state index contributed by atoms with van der Waals surface area (Å²) in [4.78, 5) is 0. The fourth-order valence-electron chi connectivity index (χ4n) is 4.46. The van der Waals surface area contributed by atoms with Gasteiger partial charge in [-0.3, -0.25) is 0 Å². The Morgan fingerprint density at radius 3 is 1.73 bits per heavy atom. The van der Waals surface area contributed by atoms with Crippen molar-refractivity contribution in [2.45, 2.75) is 65.8 Å². The zero-order valence-corrected chi connectivity index (χ0v) is 23.4. The highest BCUT2D eigenvalue weighted by Crippen LogP contribution is 2.36. The van der Waals surface area contributed by atoms with Crippen molar-refractivity contribution in [3.63, 3.8) is 0 Å². The summed E-state index contributed by atoms with van der Waals surface area (Å²) >= 11 is 0. The minimum Gasteiger partial charge on any atom is -0.497 e. The minimum absolute atomic E-state index is 0.0433. The lowest BCUT2D eigenvalue weighted by molar-refractivity contribution is -0.153. The molecule has 1 heterocycles. The lowest BCUT2D eigenvalue weighted by Crippen LogP contribution is -2.35. The highest BCUT2D eigenvalue weighted by molar-refractivity contribution is 5.27. The van der Waals surface area contributed by atoms with Crippen molar-refractivity contribution in [1.82, 2.24) is 0 Å². The Hall–Kier alpha value is -2.38. The monoisotopic (exact) mass is 512 g/mol. The molecular weight excluding hydrogens is 468 g/mol. The molecule has 3 rings (SSSR count). The quantitative estimate of drug-likeness (QED) is 0.272. The second-order valence-corrected chi connectivity index (χ2v) is 10.5. The summed E-state index contributed by atoms with van der Waals surface area (Å²) in [7, 11) is 3.34. The van der Waals surface area contributed by atoms with Crippen LogP contribution in [0.5, 0.6) is 11.5 Å². The van der Waals surface area contributed by atoms with E-state index in [4.69, 9.17) is 28.4 Å². The molecule has 204 valence electrons. The van der Waals surface area contributed by atoms with Gasteiger partial charge in [0, 0.05) is 11.8 Å². The number of ether oxygens (including phenoxy) is 6.